The second-order valence-corrected chi connectivity index (χ2v) is 5.66. The molecule has 0 aliphatic rings. The maximum atomic E-state index is 6.35. The van der Waals surface area contributed by atoms with Crippen LogP contribution in [-0.4, -0.2) is 15.0 Å². The minimum absolute atomic E-state index is 0.333. The van der Waals surface area contributed by atoms with E-state index in [1.807, 2.05) is 30.3 Å². The summed E-state index contributed by atoms with van der Waals surface area (Å²) < 4.78 is 0. The molecule has 4 nitrogen and oxygen atoms in total. The second kappa shape index (κ2) is 5.41. The fourth-order valence-corrected chi connectivity index (χ4v) is 2.85. The van der Waals surface area contributed by atoms with Crippen LogP contribution in [0.1, 0.15) is 0 Å². The SMILES string of the molecule is Nc1nc2nc(-c3ccc(-c4ccccc4)cc3)c(Cl)cc2[nH]1. The van der Waals surface area contributed by atoms with Crippen LogP contribution in [0.5, 0.6) is 0 Å². The minimum atomic E-state index is 0.333. The first kappa shape index (κ1) is 13.8. The van der Waals surface area contributed by atoms with Gasteiger partial charge in [0.15, 0.2) is 11.6 Å². The van der Waals surface area contributed by atoms with Crippen molar-refractivity contribution in [2.24, 2.45) is 0 Å². The lowest BCUT2D eigenvalue weighted by Crippen LogP contribution is -1.88. The van der Waals surface area contributed by atoms with E-state index in [-0.39, 0.29) is 0 Å². The number of hydrogen-bond acceptors (Lipinski definition) is 3. The van der Waals surface area contributed by atoms with Gasteiger partial charge in [-0.05, 0) is 17.2 Å². The van der Waals surface area contributed by atoms with Gasteiger partial charge in [-0.15, -0.1) is 0 Å². The molecule has 0 bridgehead atoms. The molecule has 0 saturated heterocycles. The van der Waals surface area contributed by atoms with E-state index in [9.17, 15) is 0 Å². The summed E-state index contributed by atoms with van der Waals surface area (Å²) in [5.74, 6) is 0.333. The van der Waals surface area contributed by atoms with E-state index in [2.05, 4.69) is 39.2 Å². The quantitative estimate of drug-likeness (QED) is 0.570. The van der Waals surface area contributed by atoms with Crippen LogP contribution in [0, 0.1) is 0 Å². The summed E-state index contributed by atoms with van der Waals surface area (Å²) in [6, 6.07) is 20.2. The van der Waals surface area contributed by atoms with Gasteiger partial charge in [0.25, 0.3) is 0 Å². The Morgan fingerprint density at radius 1 is 0.826 bits per heavy atom. The number of halogens is 1. The van der Waals surface area contributed by atoms with Gasteiger partial charge < -0.3 is 10.7 Å². The average molecular weight is 321 g/mol. The summed E-state index contributed by atoms with van der Waals surface area (Å²) in [4.78, 5) is 11.6. The molecule has 0 radical (unpaired) electrons. The van der Waals surface area contributed by atoms with E-state index in [0.29, 0.717) is 22.3 Å². The third-order valence-electron chi connectivity index (χ3n) is 3.71. The lowest BCUT2D eigenvalue weighted by Gasteiger charge is -2.06. The van der Waals surface area contributed by atoms with Gasteiger partial charge in [-0.2, -0.15) is 4.98 Å². The first-order valence-corrected chi connectivity index (χ1v) is 7.56. The summed E-state index contributed by atoms with van der Waals surface area (Å²) in [7, 11) is 0. The first-order chi connectivity index (χ1) is 11.2. The molecule has 0 amide bonds. The molecule has 4 aromatic rings. The van der Waals surface area contributed by atoms with Gasteiger partial charge in [-0.1, -0.05) is 66.2 Å². The van der Waals surface area contributed by atoms with E-state index < -0.39 is 0 Å². The molecule has 3 N–H and O–H groups in total. The topological polar surface area (TPSA) is 67.6 Å². The zero-order valence-electron chi connectivity index (χ0n) is 12.1. The number of fused-ring (bicyclic) bond motifs is 1. The van der Waals surface area contributed by atoms with Crippen molar-refractivity contribution in [3.05, 3.63) is 65.7 Å². The highest BCUT2D eigenvalue weighted by Crippen LogP contribution is 2.30. The Morgan fingerprint density at radius 3 is 2.22 bits per heavy atom. The van der Waals surface area contributed by atoms with Crippen LogP contribution in [0.4, 0.5) is 5.95 Å². The van der Waals surface area contributed by atoms with Crippen LogP contribution in [0.15, 0.2) is 60.7 Å². The lowest BCUT2D eigenvalue weighted by molar-refractivity contribution is 1.31. The highest BCUT2D eigenvalue weighted by Gasteiger charge is 2.10. The number of pyridine rings is 1. The van der Waals surface area contributed by atoms with Crippen molar-refractivity contribution >= 4 is 28.7 Å². The van der Waals surface area contributed by atoms with Crippen LogP contribution in [0.25, 0.3) is 33.5 Å². The summed E-state index contributed by atoms with van der Waals surface area (Å²) in [5.41, 5.74) is 10.9. The number of nitrogens with two attached hydrogens (primary N) is 1. The van der Waals surface area contributed by atoms with Crippen LogP contribution in [0.3, 0.4) is 0 Å². The fraction of sp³-hybridized carbons (Fsp3) is 0. The summed E-state index contributed by atoms with van der Waals surface area (Å²) >= 11 is 6.35. The summed E-state index contributed by atoms with van der Waals surface area (Å²) in [5, 5.41) is 0.564. The largest absolute Gasteiger partial charge is 0.369 e. The normalized spacial score (nSPS) is 11.0. The maximum absolute atomic E-state index is 6.35. The number of rotatable bonds is 2. The third kappa shape index (κ3) is 2.53. The minimum Gasteiger partial charge on any atom is -0.369 e. The molecule has 2 heterocycles. The monoisotopic (exact) mass is 320 g/mol. The van der Waals surface area contributed by atoms with E-state index in [1.165, 1.54) is 5.56 Å². The highest BCUT2D eigenvalue weighted by atomic mass is 35.5. The molecule has 2 aromatic heterocycles. The molecule has 0 saturated carbocycles. The molecule has 0 aliphatic heterocycles. The van der Waals surface area contributed by atoms with Gasteiger partial charge in [0.2, 0.25) is 0 Å². The highest BCUT2D eigenvalue weighted by molar-refractivity contribution is 6.33. The number of imidazole rings is 1. The zero-order valence-corrected chi connectivity index (χ0v) is 12.9. The van der Waals surface area contributed by atoms with E-state index >= 15 is 0 Å². The Morgan fingerprint density at radius 2 is 1.48 bits per heavy atom. The second-order valence-electron chi connectivity index (χ2n) is 5.26. The molecule has 0 unspecified atom stereocenters. The Labute approximate surface area is 138 Å². The van der Waals surface area contributed by atoms with Crippen molar-refractivity contribution in [1.82, 2.24) is 15.0 Å². The predicted octanol–water partition coefficient (Wildman–Crippen LogP) is 4.53. The van der Waals surface area contributed by atoms with Crippen molar-refractivity contribution in [3.8, 4) is 22.4 Å². The van der Waals surface area contributed by atoms with Crippen LogP contribution < -0.4 is 5.73 Å². The molecule has 4 rings (SSSR count). The van der Waals surface area contributed by atoms with Gasteiger partial charge in [-0.3, -0.25) is 0 Å². The standard InChI is InChI=1S/C18H13ClN4/c19-14-10-15-17(23-18(20)21-15)22-16(14)13-8-6-12(7-9-13)11-4-2-1-3-5-11/h1-10H,(H3,20,21,22,23). The van der Waals surface area contributed by atoms with Crippen molar-refractivity contribution in [2.75, 3.05) is 5.73 Å². The van der Waals surface area contributed by atoms with Gasteiger partial charge in [0, 0.05) is 5.56 Å². The van der Waals surface area contributed by atoms with Crippen molar-refractivity contribution in [3.63, 3.8) is 0 Å². The Hall–Kier alpha value is -2.85. The maximum Gasteiger partial charge on any atom is 0.200 e. The van der Waals surface area contributed by atoms with Gasteiger partial charge in [0.1, 0.15) is 0 Å². The van der Waals surface area contributed by atoms with E-state index in [4.69, 9.17) is 17.3 Å². The van der Waals surface area contributed by atoms with Gasteiger partial charge >= 0.3 is 0 Å². The van der Waals surface area contributed by atoms with Crippen molar-refractivity contribution in [2.45, 2.75) is 0 Å². The van der Waals surface area contributed by atoms with Crippen LogP contribution >= 0.6 is 11.6 Å². The molecule has 0 fully saturated rings. The summed E-state index contributed by atoms with van der Waals surface area (Å²) in [6.07, 6.45) is 0. The molecular weight excluding hydrogens is 308 g/mol. The molecule has 0 aliphatic carbocycles. The molecule has 2 aromatic carbocycles. The number of nitrogens with one attached hydrogen (secondary N) is 1. The number of H-pyrrole nitrogens is 1. The fourth-order valence-electron chi connectivity index (χ4n) is 2.59. The summed E-state index contributed by atoms with van der Waals surface area (Å²) in [6.45, 7) is 0. The predicted molar refractivity (Wildman–Crippen MR) is 94.2 cm³/mol. The van der Waals surface area contributed by atoms with Crippen LogP contribution in [0.2, 0.25) is 5.02 Å². The van der Waals surface area contributed by atoms with E-state index in [1.54, 1.807) is 6.07 Å². The average Bonchev–Trinajstić information content (AvgIpc) is 2.94. The molecule has 23 heavy (non-hydrogen) atoms. The van der Waals surface area contributed by atoms with Crippen LogP contribution in [-0.2, 0) is 0 Å². The van der Waals surface area contributed by atoms with Gasteiger partial charge in [-0.25, -0.2) is 4.98 Å². The lowest BCUT2D eigenvalue weighted by atomic mass is 10.0. The first-order valence-electron chi connectivity index (χ1n) is 7.18. The van der Waals surface area contributed by atoms with Crippen molar-refractivity contribution < 1.29 is 0 Å². The third-order valence-corrected chi connectivity index (χ3v) is 4.00. The molecule has 0 spiro atoms. The number of anilines is 1. The van der Waals surface area contributed by atoms with E-state index in [0.717, 1.165) is 16.6 Å². The molecule has 5 heteroatoms. The number of aromatic amines is 1. The number of aromatic nitrogens is 3. The number of benzene rings is 2. The Bertz CT molecular complexity index is 975. The zero-order chi connectivity index (χ0) is 15.8. The van der Waals surface area contributed by atoms with Crippen molar-refractivity contribution in [1.29, 1.82) is 0 Å². The smallest absolute Gasteiger partial charge is 0.200 e. The Kier molecular flexibility index (Phi) is 3.24. The molecule has 112 valence electrons. The molecule has 0 atom stereocenters. The molecular formula is C18H13ClN4. The number of hydrogen-bond donors (Lipinski definition) is 2. The number of nitrogen functional groups attached to an aromatic ring is 1. The Balaban J connectivity index is 1.77. The van der Waals surface area contributed by atoms with Gasteiger partial charge in [0.05, 0.1) is 16.2 Å². The number of nitrogens with zero attached hydrogens (tertiary/aromatic N) is 2.